The van der Waals surface area contributed by atoms with Gasteiger partial charge in [0.15, 0.2) is 0 Å². The summed E-state index contributed by atoms with van der Waals surface area (Å²) in [6.45, 7) is 0. The third kappa shape index (κ3) is 3.39. The lowest BCUT2D eigenvalue weighted by molar-refractivity contribution is 0.673. The lowest BCUT2D eigenvalue weighted by Gasteiger charge is -2.29. The summed E-state index contributed by atoms with van der Waals surface area (Å²) in [7, 11) is 0. The maximum atomic E-state index is 6.50. The molecule has 1 unspecified atom stereocenters. The van der Waals surface area contributed by atoms with Gasteiger partial charge in [0.1, 0.15) is 11.2 Å². The van der Waals surface area contributed by atoms with E-state index in [0.717, 1.165) is 61.0 Å². The molecule has 0 amide bonds. The van der Waals surface area contributed by atoms with Crippen LogP contribution in [0.5, 0.6) is 0 Å². The van der Waals surface area contributed by atoms with Crippen molar-refractivity contribution in [3.8, 4) is 11.1 Å². The normalized spacial score (nSPS) is 14.8. The monoisotopic (exact) mass is 539 g/mol. The van der Waals surface area contributed by atoms with Gasteiger partial charge in [-0.1, -0.05) is 103 Å². The van der Waals surface area contributed by atoms with Crippen molar-refractivity contribution in [2.75, 3.05) is 0 Å². The van der Waals surface area contributed by atoms with Crippen LogP contribution in [0.1, 0.15) is 17.2 Å². The van der Waals surface area contributed by atoms with Crippen molar-refractivity contribution in [2.45, 2.75) is 6.04 Å². The van der Waals surface area contributed by atoms with Gasteiger partial charge in [-0.15, -0.1) is 0 Å². The highest BCUT2D eigenvalue weighted by Crippen LogP contribution is 2.41. The molecule has 1 aliphatic rings. The number of nitrogens with one attached hydrogen (secondary N) is 1. The van der Waals surface area contributed by atoms with Crippen LogP contribution in [0.2, 0.25) is 0 Å². The first-order valence-corrected chi connectivity index (χ1v) is 14.3. The van der Waals surface area contributed by atoms with Crippen LogP contribution >= 0.6 is 0 Å². The predicted molar refractivity (Wildman–Crippen MR) is 173 cm³/mol. The lowest BCUT2D eigenvalue weighted by Crippen LogP contribution is -2.36. The summed E-state index contributed by atoms with van der Waals surface area (Å²) >= 11 is 0. The number of fused-ring (bicyclic) bond motifs is 8. The zero-order valence-corrected chi connectivity index (χ0v) is 22.7. The van der Waals surface area contributed by atoms with Gasteiger partial charge in [0, 0.05) is 21.7 Å². The number of benzene rings is 6. The van der Waals surface area contributed by atoms with Gasteiger partial charge in [0.2, 0.25) is 5.96 Å². The first-order chi connectivity index (χ1) is 20.8. The van der Waals surface area contributed by atoms with Crippen LogP contribution in [0.3, 0.4) is 0 Å². The molecule has 198 valence electrons. The fraction of sp³-hybridized carbons (Fsp3) is 0.0263. The Morgan fingerprint density at radius 2 is 1.33 bits per heavy atom. The van der Waals surface area contributed by atoms with Gasteiger partial charge in [-0.2, -0.15) is 0 Å². The summed E-state index contributed by atoms with van der Waals surface area (Å²) in [6, 6.07) is 48.9. The van der Waals surface area contributed by atoms with Gasteiger partial charge in [-0.05, 0) is 53.1 Å². The molecule has 0 saturated carbocycles. The SMILES string of the molecule is c1ccc(-c2ccc3c(c2)C(c2ccccc2)NC(n2c4ccccc4c4c5oc6ccccc6c5ccc42)=N3)cc1. The van der Waals surface area contributed by atoms with Crippen LogP contribution in [-0.2, 0) is 0 Å². The summed E-state index contributed by atoms with van der Waals surface area (Å²) in [5.74, 6) is 0.797. The number of hydrogen-bond acceptors (Lipinski definition) is 3. The standard InChI is InChI=1S/C38H25N3O/c1-3-11-24(12-4-1)26-19-21-31-30(23-26)36(25-13-5-2-6-14-25)40-38(39-31)41-32-17-9-7-16-29(32)35-33(41)22-20-28-27-15-8-10-18-34(27)42-37(28)35/h1-23,36H,(H,39,40). The number of hydrogen-bond donors (Lipinski definition) is 1. The Balaban J connectivity index is 1.31. The molecule has 0 bridgehead atoms. The number of para-hydroxylation sites is 2. The second-order valence-corrected chi connectivity index (χ2v) is 10.9. The van der Waals surface area contributed by atoms with Crippen LogP contribution < -0.4 is 5.32 Å². The van der Waals surface area contributed by atoms with E-state index in [1.165, 1.54) is 16.7 Å². The first-order valence-electron chi connectivity index (χ1n) is 14.3. The summed E-state index contributed by atoms with van der Waals surface area (Å²) in [5.41, 5.74) is 9.65. The average molecular weight is 540 g/mol. The van der Waals surface area contributed by atoms with E-state index in [9.17, 15) is 0 Å². The fourth-order valence-corrected chi connectivity index (χ4v) is 6.54. The maximum absolute atomic E-state index is 6.50. The zero-order chi connectivity index (χ0) is 27.6. The number of aliphatic imine (C=N–C) groups is 1. The highest BCUT2D eigenvalue weighted by molar-refractivity contribution is 6.25. The van der Waals surface area contributed by atoms with Crippen molar-refractivity contribution in [1.82, 2.24) is 9.88 Å². The highest BCUT2D eigenvalue weighted by Gasteiger charge is 2.27. The number of aromatic nitrogens is 1. The molecule has 8 aromatic rings. The topological polar surface area (TPSA) is 42.5 Å². The highest BCUT2D eigenvalue weighted by atomic mass is 16.3. The van der Waals surface area contributed by atoms with E-state index in [1.54, 1.807) is 0 Å². The molecule has 4 nitrogen and oxygen atoms in total. The molecule has 0 spiro atoms. The van der Waals surface area contributed by atoms with Crippen molar-refractivity contribution in [3.05, 3.63) is 151 Å². The Labute approximate surface area is 242 Å². The second kappa shape index (κ2) is 8.95. The Bertz CT molecular complexity index is 2330. The molecule has 42 heavy (non-hydrogen) atoms. The Morgan fingerprint density at radius 1 is 0.595 bits per heavy atom. The zero-order valence-electron chi connectivity index (χ0n) is 22.7. The fourth-order valence-electron chi connectivity index (χ4n) is 6.54. The lowest BCUT2D eigenvalue weighted by atomic mass is 9.93. The van der Waals surface area contributed by atoms with E-state index in [1.807, 2.05) is 12.1 Å². The largest absolute Gasteiger partial charge is 0.455 e. The van der Waals surface area contributed by atoms with E-state index in [2.05, 4.69) is 137 Å². The summed E-state index contributed by atoms with van der Waals surface area (Å²) in [5, 5.41) is 8.35. The molecule has 2 aromatic heterocycles. The van der Waals surface area contributed by atoms with Gasteiger partial charge in [0.05, 0.1) is 28.1 Å². The third-order valence-electron chi connectivity index (χ3n) is 8.47. The average Bonchev–Trinajstić information content (AvgIpc) is 3.61. The molecule has 0 radical (unpaired) electrons. The van der Waals surface area contributed by atoms with Crippen molar-refractivity contribution in [1.29, 1.82) is 0 Å². The number of rotatable bonds is 2. The van der Waals surface area contributed by atoms with Gasteiger partial charge in [0.25, 0.3) is 0 Å². The van der Waals surface area contributed by atoms with Crippen molar-refractivity contribution >= 4 is 55.4 Å². The molecule has 0 saturated heterocycles. The van der Waals surface area contributed by atoms with Crippen LogP contribution in [-0.4, -0.2) is 10.5 Å². The number of furan rings is 1. The minimum Gasteiger partial charge on any atom is -0.455 e. The molecule has 4 heteroatoms. The minimum absolute atomic E-state index is 0.0662. The van der Waals surface area contributed by atoms with Gasteiger partial charge in [-0.25, -0.2) is 4.99 Å². The minimum atomic E-state index is -0.0662. The summed E-state index contributed by atoms with van der Waals surface area (Å²) in [6.07, 6.45) is 0. The second-order valence-electron chi connectivity index (χ2n) is 10.9. The van der Waals surface area contributed by atoms with Crippen molar-refractivity contribution in [2.24, 2.45) is 4.99 Å². The van der Waals surface area contributed by atoms with E-state index >= 15 is 0 Å². The third-order valence-corrected chi connectivity index (χ3v) is 8.47. The van der Waals surface area contributed by atoms with Crippen LogP contribution in [0.4, 0.5) is 5.69 Å². The Morgan fingerprint density at radius 3 is 2.19 bits per heavy atom. The van der Waals surface area contributed by atoms with Crippen molar-refractivity contribution < 1.29 is 4.42 Å². The molecule has 0 fully saturated rings. The molecule has 3 heterocycles. The Kier molecular flexibility index (Phi) is 4.93. The van der Waals surface area contributed by atoms with Gasteiger partial charge in [-0.3, -0.25) is 4.57 Å². The Hall–Kier alpha value is -5.61. The predicted octanol–water partition coefficient (Wildman–Crippen LogP) is 9.59. The number of nitrogens with zero attached hydrogens (tertiary/aromatic N) is 2. The summed E-state index contributed by atoms with van der Waals surface area (Å²) in [4.78, 5) is 5.26. The molecule has 0 aliphatic carbocycles. The van der Waals surface area contributed by atoms with E-state index in [-0.39, 0.29) is 6.04 Å². The van der Waals surface area contributed by atoms with Gasteiger partial charge < -0.3 is 9.73 Å². The van der Waals surface area contributed by atoms with Gasteiger partial charge >= 0.3 is 0 Å². The molecule has 6 aromatic carbocycles. The van der Waals surface area contributed by atoms with Crippen LogP contribution in [0.25, 0.3) is 54.9 Å². The molecule has 1 N–H and O–H groups in total. The van der Waals surface area contributed by atoms with E-state index < -0.39 is 0 Å². The molecule has 1 atom stereocenters. The van der Waals surface area contributed by atoms with Crippen molar-refractivity contribution in [3.63, 3.8) is 0 Å². The molecule has 9 rings (SSSR count). The quantitative estimate of drug-likeness (QED) is 0.238. The van der Waals surface area contributed by atoms with E-state index in [0.29, 0.717) is 0 Å². The smallest absolute Gasteiger partial charge is 0.209 e. The van der Waals surface area contributed by atoms with Crippen LogP contribution in [0, 0.1) is 0 Å². The first kappa shape index (κ1) is 23.1. The van der Waals surface area contributed by atoms with E-state index in [4.69, 9.17) is 9.41 Å². The molecular weight excluding hydrogens is 514 g/mol. The maximum Gasteiger partial charge on any atom is 0.209 e. The summed E-state index contributed by atoms with van der Waals surface area (Å²) < 4.78 is 8.75. The van der Waals surface area contributed by atoms with Crippen LogP contribution in [0.15, 0.2) is 149 Å². The molecular formula is C38H25N3O. The molecule has 1 aliphatic heterocycles.